The molecule has 0 saturated carbocycles. The second-order valence-electron chi connectivity index (χ2n) is 8.76. The van der Waals surface area contributed by atoms with E-state index in [1.165, 1.54) is 29.4 Å². The van der Waals surface area contributed by atoms with Crippen LogP contribution in [0.1, 0.15) is 52.1 Å². The maximum Gasteiger partial charge on any atom is 0.297 e. The van der Waals surface area contributed by atoms with Crippen molar-refractivity contribution < 1.29 is 19.1 Å². The van der Waals surface area contributed by atoms with E-state index in [0.29, 0.717) is 27.6 Å². The molecule has 34 heavy (non-hydrogen) atoms. The molecule has 2 aromatic heterocycles. The molecule has 174 valence electrons. The van der Waals surface area contributed by atoms with Gasteiger partial charge in [-0.25, -0.2) is 0 Å². The highest BCUT2D eigenvalue weighted by Gasteiger charge is 2.45. The van der Waals surface area contributed by atoms with Crippen molar-refractivity contribution in [3.8, 4) is 11.5 Å². The van der Waals surface area contributed by atoms with Crippen LogP contribution in [0.15, 0.2) is 45.6 Å². The van der Waals surface area contributed by atoms with Crippen LogP contribution in [-0.2, 0) is 6.42 Å². The molecule has 1 atom stereocenters. The molecule has 5 rings (SSSR count). The number of nitrogens with zero attached hydrogens (tertiary/aromatic N) is 3. The molecule has 1 amide bonds. The average Bonchev–Trinajstić information content (AvgIpc) is 3.36. The van der Waals surface area contributed by atoms with E-state index in [-0.39, 0.29) is 28.3 Å². The Balaban J connectivity index is 1.76. The van der Waals surface area contributed by atoms with Gasteiger partial charge in [-0.3, -0.25) is 14.5 Å². The van der Waals surface area contributed by atoms with Crippen LogP contribution >= 0.6 is 11.3 Å². The zero-order chi connectivity index (χ0) is 24.1. The summed E-state index contributed by atoms with van der Waals surface area (Å²) < 4.78 is 11.3. The van der Waals surface area contributed by atoms with Gasteiger partial charge in [-0.2, -0.15) is 0 Å². The number of fused-ring (bicyclic) bond motifs is 2. The molecule has 0 fully saturated rings. The van der Waals surface area contributed by atoms with Crippen molar-refractivity contribution in [3.63, 3.8) is 0 Å². The van der Waals surface area contributed by atoms with E-state index >= 15 is 0 Å². The molecule has 3 heterocycles. The Bertz CT molecular complexity index is 1490. The third-order valence-corrected chi connectivity index (χ3v) is 6.74. The summed E-state index contributed by atoms with van der Waals surface area (Å²) in [4.78, 5) is 28.8. The maximum atomic E-state index is 13.7. The molecule has 1 N–H and O–H groups in total. The van der Waals surface area contributed by atoms with Crippen molar-refractivity contribution in [2.24, 2.45) is 5.92 Å². The summed E-state index contributed by atoms with van der Waals surface area (Å²) in [5, 5.41) is 20.2. The fraction of sp³-hybridized carbons (Fsp3) is 0.280. The number of anilines is 1. The summed E-state index contributed by atoms with van der Waals surface area (Å²) in [6.07, 6.45) is 0.727. The van der Waals surface area contributed by atoms with E-state index in [4.69, 9.17) is 9.15 Å². The standard InChI is InChI=1S/C25H23N3O5S/c1-12(2)9-19-26-27-25(34-19)28-21(14-6-7-16(29)18(11-14)32-4)20-22(30)15-10-13(3)5-8-17(15)33-23(20)24(28)31/h5-8,10-12,21,29H,9H2,1-4H3/t21-/m1/s1. The summed E-state index contributed by atoms with van der Waals surface area (Å²) in [7, 11) is 1.44. The van der Waals surface area contributed by atoms with Crippen molar-refractivity contribution >= 4 is 33.3 Å². The van der Waals surface area contributed by atoms with E-state index < -0.39 is 11.9 Å². The van der Waals surface area contributed by atoms with Crippen LogP contribution in [0.5, 0.6) is 11.5 Å². The number of methoxy groups -OCH3 is 1. The Morgan fingerprint density at radius 2 is 1.97 bits per heavy atom. The monoisotopic (exact) mass is 477 g/mol. The van der Waals surface area contributed by atoms with E-state index in [2.05, 4.69) is 24.0 Å². The number of aryl methyl sites for hydroxylation is 1. The SMILES string of the molecule is COc1cc([C@@H]2c3c(oc4ccc(C)cc4c3=O)C(=O)N2c2nnc(CC(C)C)s2)ccc1O. The first-order chi connectivity index (χ1) is 16.3. The van der Waals surface area contributed by atoms with Gasteiger partial charge in [0.2, 0.25) is 10.9 Å². The fourth-order valence-electron chi connectivity index (χ4n) is 4.24. The van der Waals surface area contributed by atoms with Crippen LogP contribution in [0.2, 0.25) is 0 Å². The molecule has 9 heteroatoms. The minimum atomic E-state index is -0.807. The zero-order valence-electron chi connectivity index (χ0n) is 19.2. The van der Waals surface area contributed by atoms with Gasteiger partial charge in [-0.15, -0.1) is 10.2 Å². The number of aromatic hydroxyl groups is 1. The second kappa shape index (κ2) is 8.25. The molecule has 0 unspecified atom stereocenters. The number of phenols is 1. The number of phenolic OH excluding ortho intramolecular Hbond substituents is 1. The second-order valence-corrected chi connectivity index (χ2v) is 9.80. The Morgan fingerprint density at radius 3 is 2.71 bits per heavy atom. The van der Waals surface area contributed by atoms with Crippen LogP contribution in [0.25, 0.3) is 11.0 Å². The van der Waals surface area contributed by atoms with Crippen LogP contribution in [0.3, 0.4) is 0 Å². The summed E-state index contributed by atoms with van der Waals surface area (Å²) in [6, 6.07) is 9.24. The summed E-state index contributed by atoms with van der Waals surface area (Å²) in [5.74, 6) is 0.0925. The lowest BCUT2D eigenvalue weighted by molar-refractivity contribution is 0.0970. The lowest BCUT2D eigenvalue weighted by Crippen LogP contribution is -2.29. The van der Waals surface area contributed by atoms with Gasteiger partial charge in [0.25, 0.3) is 5.91 Å². The molecule has 1 aliphatic heterocycles. The summed E-state index contributed by atoms with van der Waals surface area (Å²) in [6.45, 7) is 6.06. The smallest absolute Gasteiger partial charge is 0.297 e. The number of benzene rings is 2. The number of hydrogen-bond donors (Lipinski definition) is 1. The molecule has 0 radical (unpaired) electrons. The largest absolute Gasteiger partial charge is 0.504 e. The third kappa shape index (κ3) is 3.52. The molecule has 1 aliphatic rings. The predicted octanol–water partition coefficient (Wildman–Crippen LogP) is 4.62. The Kier molecular flexibility index (Phi) is 5.36. The molecular formula is C25H23N3O5S. The van der Waals surface area contributed by atoms with Crippen LogP contribution in [-0.4, -0.2) is 28.3 Å². The molecule has 0 spiro atoms. The molecule has 2 aromatic carbocycles. The zero-order valence-corrected chi connectivity index (χ0v) is 20.0. The van der Waals surface area contributed by atoms with E-state index in [1.54, 1.807) is 24.3 Å². The number of hydrogen-bond acceptors (Lipinski definition) is 8. The highest BCUT2D eigenvalue weighted by Crippen LogP contribution is 2.44. The Hall–Kier alpha value is -3.72. The van der Waals surface area contributed by atoms with Gasteiger partial charge in [0.15, 0.2) is 16.9 Å². The normalized spacial score (nSPS) is 15.4. The van der Waals surface area contributed by atoms with Gasteiger partial charge in [-0.1, -0.05) is 42.9 Å². The number of ether oxygens (including phenoxy) is 1. The lowest BCUT2D eigenvalue weighted by atomic mass is 9.98. The van der Waals surface area contributed by atoms with Crippen molar-refractivity contribution in [1.29, 1.82) is 0 Å². The van der Waals surface area contributed by atoms with Crippen LogP contribution in [0, 0.1) is 12.8 Å². The number of aromatic nitrogens is 2. The van der Waals surface area contributed by atoms with E-state index in [1.807, 2.05) is 13.0 Å². The highest BCUT2D eigenvalue weighted by molar-refractivity contribution is 7.15. The number of rotatable bonds is 5. The lowest BCUT2D eigenvalue weighted by Gasteiger charge is -2.22. The van der Waals surface area contributed by atoms with Gasteiger partial charge in [0, 0.05) is 6.42 Å². The van der Waals surface area contributed by atoms with Gasteiger partial charge in [0.05, 0.1) is 24.1 Å². The molecule has 0 aliphatic carbocycles. The maximum absolute atomic E-state index is 13.7. The van der Waals surface area contributed by atoms with Gasteiger partial charge in [0.1, 0.15) is 10.6 Å². The molecular weight excluding hydrogens is 454 g/mol. The third-order valence-electron chi connectivity index (χ3n) is 5.79. The minimum absolute atomic E-state index is 0.0148. The van der Waals surface area contributed by atoms with Crippen molar-refractivity contribution in [2.45, 2.75) is 33.2 Å². The Labute approximate surface area is 199 Å². The average molecular weight is 478 g/mol. The van der Waals surface area contributed by atoms with Crippen molar-refractivity contribution in [2.75, 3.05) is 12.0 Å². The highest BCUT2D eigenvalue weighted by atomic mass is 32.1. The van der Waals surface area contributed by atoms with E-state index in [0.717, 1.165) is 17.0 Å². The number of carbonyl (C=O) groups is 1. The first-order valence-electron chi connectivity index (χ1n) is 10.9. The quantitative estimate of drug-likeness (QED) is 0.447. The summed E-state index contributed by atoms with van der Waals surface area (Å²) in [5.41, 5.74) is 1.80. The fourth-order valence-corrected chi connectivity index (χ4v) is 5.31. The molecule has 4 aromatic rings. The van der Waals surface area contributed by atoms with Crippen molar-refractivity contribution in [1.82, 2.24) is 10.2 Å². The number of carbonyl (C=O) groups excluding carboxylic acids is 1. The molecule has 8 nitrogen and oxygen atoms in total. The topological polar surface area (TPSA) is 106 Å². The van der Waals surface area contributed by atoms with Gasteiger partial charge in [-0.05, 0) is 42.7 Å². The first-order valence-corrected chi connectivity index (χ1v) is 11.7. The number of amides is 1. The van der Waals surface area contributed by atoms with Crippen molar-refractivity contribution in [3.05, 3.63) is 74.1 Å². The Morgan fingerprint density at radius 1 is 1.18 bits per heavy atom. The van der Waals surface area contributed by atoms with E-state index in [9.17, 15) is 14.7 Å². The molecule has 0 saturated heterocycles. The van der Waals surface area contributed by atoms with Gasteiger partial charge < -0.3 is 14.3 Å². The van der Waals surface area contributed by atoms with Crippen LogP contribution < -0.4 is 15.1 Å². The van der Waals surface area contributed by atoms with Gasteiger partial charge >= 0.3 is 0 Å². The predicted molar refractivity (Wildman–Crippen MR) is 129 cm³/mol. The first kappa shape index (κ1) is 22.1. The van der Waals surface area contributed by atoms with Crippen LogP contribution in [0.4, 0.5) is 5.13 Å². The molecule has 0 bridgehead atoms. The minimum Gasteiger partial charge on any atom is -0.504 e. The summed E-state index contributed by atoms with van der Waals surface area (Å²) >= 11 is 1.32.